The largest absolute Gasteiger partial charge is 0.508 e. The number of hydrogen-bond donors (Lipinski definition) is 2. The fourth-order valence-corrected chi connectivity index (χ4v) is 8.40. The van der Waals surface area contributed by atoms with Crippen LogP contribution in [-0.2, 0) is 4.74 Å². The van der Waals surface area contributed by atoms with Gasteiger partial charge in [0.05, 0.1) is 24.1 Å². The second-order valence-electron chi connectivity index (χ2n) is 14.1. The van der Waals surface area contributed by atoms with Gasteiger partial charge in [0.1, 0.15) is 29.4 Å². The Morgan fingerprint density at radius 2 is 2.02 bits per heavy atom. The maximum atomic E-state index is 17.1. The van der Waals surface area contributed by atoms with E-state index in [0.29, 0.717) is 52.7 Å². The Bertz CT molecular complexity index is 1960. The number of hydrogen-bond acceptors (Lipinski definition) is 9. The predicted molar refractivity (Wildman–Crippen MR) is 178 cm³/mol. The number of rotatable bonds is 7. The quantitative estimate of drug-likeness (QED) is 0.277. The minimum Gasteiger partial charge on any atom is -0.508 e. The molecule has 3 saturated heterocycles. The first-order chi connectivity index (χ1) is 22.9. The van der Waals surface area contributed by atoms with Crippen LogP contribution in [0, 0.1) is 23.6 Å². The van der Waals surface area contributed by atoms with Gasteiger partial charge in [-0.05, 0) is 67.3 Å². The smallest absolute Gasteiger partial charge is 0.319 e. The second-order valence-corrected chi connectivity index (χ2v) is 14.1. The molecule has 0 unspecified atom stereocenters. The van der Waals surface area contributed by atoms with Crippen LogP contribution in [0.5, 0.6) is 17.5 Å². The van der Waals surface area contributed by atoms with Crippen molar-refractivity contribution in [1.82, 2.24) is 20.2 Å². The van der Waals surface area contributed by atoms with E-state index in [1.807, 2.05) is 18.2 Å². The van der Waals surface area contributed by atoms with E-state index in [4.69, 9.17) is 30.6 Å². The molecule has 242 valence electrons. The van der Waals surface area contributed by atoms with Gasteiger partial charge in [-0.3, -0.25) is 4.90 Å². The number of anilines is 1. The number of nitrogens with zero attached hydrogens (tertiary/aromatic N) is 4. The number of methoxy groups -OCH3 is 1. The van der Waals surface area contributed by atoms with Crippen molar-refractivity contribution < 1.29 is 23.7 Å². The molecule has 4 fully saturated rings. The molecule has 4 aromatic rings. The van der Waals surface area contributed by atoms with Gasteiger partial charge < -0.3 is 29.5 Å². The number of terminal acetylenes is 1. The Balaban J connectivity index is 1.17. The summed E-state index contributed by atoms with van der Waals surface area (Å²) in [6.45, 7) is 4.54. The van der Waals surface area contributed by atoms with Crippen molar-refractivity contribution in [2.75, 3.05) is 51.4 Å². The zero-order chi connectivity index (χ0) is 31.9. The minimum atomic E-state index is -0.528. The molecule has 2 N–H and O–H groups in total. The lowest BCUT2D eigenvalue weighted by Crippen LogP contribution is -2.60. The molecular weight excluding hydrogens is 597 g/mol. The molecule has 5 heterocycles. The number of fused-ring (bicyclic) bond motifs is 6. The number of likely N-dealkylation sites (tertiary alicyclic amines) is 1. The van der Waals surface area contributed by atoms with E-state index in [9.17, 15) is 5.11 Å². The second kappa shape index (κ2) is 10.9. The van der Waals surface area contributed by atoms with Crippen LogP contribution < -0.4 is 19.7 Å². The molecule has 3 aromatic carbocycles. The Labute approximate surface area is 273 Å². The third-order valence-electron chi connectivity index (χ3n) is 11.1. The van der Waals surface area contributed by atoms with Crippen LogP contribution in [0.4, 0.5) is 10.2 Å². The fraction of sp³-hybridized carbons (Fsp3) is 0.459. The molecule has 10 heteroatoms. The summed E-state index contributed by atoms with van der Waals surface area (Å²) in [4.78, 5) is 14.5. The lowest BCUT2D eigenvalue weighted by atomic mass is 9.93. The number of benzene rings is 3. The molecular formula is C37H38FN5O4. The van der Waals surface area contributed by atoms with E-state index in [1.165, 1.54) is 0 Å². The number of halogens is 1. The van der Waals surface area contributed by atoms with E-state index in [0.717, 1.165) is 63.7 Å². The first-order valence-corrected chi connectivity index (χ1v) is 16.7. The minimum absolute atomic E-state index is 0.0177. The van der Waals surface area contributed by atoms with Gasteiger partial charge in [0.15, 0.2) is 5.82 Å². The van der Waals surface area contributed by atoms with E-state index in [-0.39, 0.29) is 46.4 Å². The van der Waals surface area contributed by atoms with Crippen LogP contribution in [0.25, 0.3) is 32.8 Å². The first kappa shape index (κ1) is 29.0. The van der Waals surface area contributed by atoms with Crippen molar-refractivity contribution in [2.24, 2.45) is 5.41 Å². The third-order valence-corrected chi connectivity index (χ3v) is 11.1. The van der Waals surface area contributed by atoms with Crippen molar-refractivity contribution in [3.63, 3.8) is 0 Å². The van der Waals surface area contributed by atoms with Gasteiger partial charge in [0.2, 0.25) is 0 Å². The first-order valence-electron chi connectivity index (χ1n) is 16.7. The zero-order valence-corrected chi connectivity index (χ0v) is 26.5. The lowest BCUT2D eigenvalue weighted by Gasteiger charge is -2.40. The molecule has 1 aliphatic carbocycles. The Morgan fingerprint density at radius 3 is 2.83 bits per heavy atom. The summed E-state index contributed by atoms with van der Waals surface area (Å²) in [6, 6.07) is 11.2. The Kier molecular flexibility index (Phi) is 6.75. The zero-order valence-electron chi connectivity index (χ0n) is 26.5. The predicted octanol–water partition coefficient (Wildman–Crippen LogP) is 4.86. The maximum absolute atomic E-state index is 17.1. The molecule has 0 spiro atoms. The summed E-state index contributed by atoms with van der Waals surface area (Å²) in [5.41, 5.74) is 1.53. The Hall–Kier alpha value is -4.17. The van der Waals surface area contributed by atoms with Crippen molar-refractivity contribution in [3.8, 4) is 41.0 Å². The maximum Gasteiger partial charge on any atom is 0.319 e. The summed E-state index contributed by atoms with van der Waals surface area (Å²) in [6.07, 6.45) is 11.5. The van der Waals surface area contributed by atoms with Gasteiger partial charge in [-0.15, -0.1) is 6.42 Å². The van der Waals surface area contributed by atoms with Gasteiger partial charge in [-0.1, -0.05) is 18.1 Å². The van der Waals surface area contributed by atoms with Crippen LogP contribution in [0.1, 0.15) is 37.7 Å². The number of ether oxygens (including phenoxy) is 3. The Morgan fingerprint density at radius 1 is 1.13 bits per heavy atom. The van der Waals surface area contributed by atoms with E-state index in [2.05, 4.69) is 21.0 Å². The summed E-state index contributed by atoms with van der Waals surface area (Å²) in [7, 11) is 1.78. The molecule has 9 rings (SSSR count). The number of phenolic OH excluding ortho intramolecular Hbond substituents is 1. The van der Waals surface area contributed by atoms with Gasteiger partial charge in [0.25, 0.3) is 0 Å². The molecule has 1 saturated carbocycles. The number of phenols is 1. The topological polar surface area (TPSA) is 92.2 Å². The molecule has 4 aliphatic heterocycles. The van der Waals surface area contributed by atoms with E-state index >= 15 is 4.39 Å². The van der Waals surface area contributed by atoms with Crippen LogP contribution in [-0.4, -0.2) is 90.7 Å². The normalized spacial score (nSPS) is 25.8. The summed E-state index contributed by atoms with van der Waals surface area (Å²) >= 11 is 0. The van der Waals surface area contributed by atoms with E-state index < -0.39 is 5.82 Å². The molecule has 0 radical (unpaired) electrons. The SMILES string of the molecule is C#Cc1cccc2cc(O)cc(-c3cc4c5c(nc(OCC6(CN7CC[C@H](OC)C7)CC6)nc5c3F)N3C[C@H]5CC[C@H](N5)[C@H]3CO4)c12. The highest BCUT2D eigenvalue weighted by Gasteiger charge is 2.47. The van der Waals surface area contributed by atoms with E-state index in [1.54, 1.807) is 25.3 Å². The van der Waals surface area contributed by atoms with Crippen molar-refractivity contribution in [1.29, 1.82) is 0 Å². The summed E-state index contributed by atoms with van der Waals surface area (Å²) < 4.78 is 35.7. The number of piperazine rings is 1. The molecule has 2 bridgehead atoms. The van der Waals surface area contributed by atoms with Gasteiger partial charge in [0, 0.05) is 67.3 Å². The average molecular weight is 636 g/mol. The number of aromatic hydroxyl groups is 1. The van der Waals surface area contributed by atoms with Crippen LogP contribution in [0.15, 0.2) is 36.4 Å². The van der Waals surface area contributed by atoms with Crippen LogP contribution in [0.3, 0.4) is 0 Å². The summed E-state index contributed by atoms with van der Waals surface area (Å²) in [5, 5.41) is 16.4. The highest BCUT2D eigenvalue weighted by molar-refractivity contribution is 6.05. The molecule has 5 aliphatic rings. The fourth-order valence-electron chi connectivity index (χ4n) is 8.40. The lowest BCUT2D eigenvalue weighted by molar-refractivity contribution is 0.100. The van der Waals surface area contributed by atoms with Crippen molar-refractivity contribution >= 4 is 27.5 Å². The van der Waals surface area contributed by atoms with Crippen LogP contribution in [0.2, 0.25) is 0 Å². The number of aromatic nitrogens is 2. The molecule has 47 heavy (non-hydrogen) atoms. The van der Waals surface area contributed by atoms with Crippen LogP contribution >= 0.6 is 0 Å². The molecule has 9 nitrogen and oxygen atoms in total. The van der Waals surface area contributed by atoms with Gasteiger partial charge in [-0.2, -0.15) is 9.97 Å². The third kappa shape index (κ3) is 4.86. The van der Waals surface area contributed by atoms with Gasteiger partial charge >= 0.3 is 6.01 Å². The number of nitrogens with one attached hydrogen (secondary N) is 1. The van der Waals surface area contributed by atoms with Gasteiger partial charge in [-0.25, -0.2) is 4.39 Å². The molecule has 0 amide bonds. The molecule has 4 atom stereocenters. The summed E-state index contributed by atoms with van der Waals surface area (Å²) in [5.74, 6) is 3.39. The standard InChI is InChI=1S/C37H38FN5O4/c1-3-21-5-4-6-22-13-24(44)14-26(31(21)22)27-15-30-32-34(33(27)38)40-36(47-20-37(10-11-37)19-42-12-9-25(17-42)45-2)41-35(32)43-16-23-7-8-28(39-23)29(43)18-46-30/h1,4-6,13-15,23,25,28-29,39,44H,7-12,16-20H2,2H3/t23-,25+,28+,29-/m1/s1. The average Bonchev–Trinajstić information content (AvgIpc) is 3.56. The van der Waals surface area contributed by atoms with Crippen molar-refractivity contribution in [2.45, 2.75) is 56.3 Å². The monoisotopic (exact) mass is 635 g/mol. The molecule has 1 aromatic heterocycles. The highest BCUT2D eigenvalue weighted by atomic mass is 19.1. The highest BCUT2D eigenvalue weighted by Crippen LogP contribution is 2.49. The van der Waals surface area contributed by atoms with Crippen molar-refractivity contribution in [3.05, 3.63) is 47.8 Å².